The molecule has 8 saturated carbocycles. The topological polar surface area (TPSA) is 311 Å². The largest absolute Gasteiger partial charge is 0.506 e. The molecule has 2 saturated heterocycles. The van der Waals surface area contributed by atoms with Gasteiger partial charge in [0.25, 0.3) is 0 Å². The molecule has 1 N–H and O–H groups in total. The smallest absolute Gasteiger partial charge is 0.373 e. The molecule has 2 heterocycles. The third-order valence-corrected chi connectivity index (χ3v) is 22.8. The molecule has 111 heavy (non-hydrogen) atoms. The van der Waals surface area contributed by atoms with E-state index in [1.807, 2.05) is 86.7 Å². The zero-order chi connectivity index (χ0) is 80.9. The van der Waals surface area contributed by atoms with E-state index in [0.717, 1.165) is 68.6 Å². The molecule has 10 atom stereocenters. The molecule has 10 aliphatic rings. The van der Waals surface area contributed by atoms with Crippen LogP contribution in [0, 0.1) is 59.2 Å². The third-order valence-electron chi connectivity index (χ3n) is 21.4. The molecule has 2 unspecified atom stereocenters. The summed E-state index contributed by atoms with van der Waals surface area (Å²) in [7, 11) is 3.48. The lowest BCUT2D eigenvalue weighted by Crippen LogP contribution is -2.59. The van der Waals surface area contributed by atoms with E-state index in [4.69, 9.17) is 104 Å². The fourth-order valence-electron chi connectivity index (χ4n) is 17.3. The standard InChI is InChI=1S/C41H49ClO10.C21H25ClO2.C20H25BrO8.2CO2/c1-7-8-29-11-14-33(39(46-6)35-30-16-27-15-28(18-30)19-31(35)17-27)36(42)38(29)48-20-26-9-12-32(13-10-26)51-41-40(50-25(5)45)37(49-24(4)44)22(2)34(52-41)21-47-23(3)43;1-3-4-14-5-6-17(19(22)20(14)23)21(24-2)18-15-8-12-7-13(10-15)11-16(18)9-12;1-11-17(10-25-12(2)22)29-20(28-16-7-5-15(9-21)6-8-16)19(27-14(4)24)18(11)26-13(3)23;2*2-1-3/h7-14,22,27-28,30-31,34,37,40-41H,15-21H2,1-6H3;3-6,12-13,15-16,23H,7-11H2,1-2H3;5-8,11,17-20H,9-10H2,1-4H3;;/b8-7+,39-35?;4-3+,21-18?;;;/t22-,27?,28?,30?,31?,34+,37-,40?,41+;;11-,17+,18-,19?,20+;;/m0.0../s1. The Morgan fingerprint density at radius 1 is 0.486 bits per heavy atom. The molecule has 0 radical (unpaired) electrons. The lowest BCUT2D eigenvalue weighted by molar-refractivity contribution is -0.271. The molecule has 2 aliphatic heterocycles. The Hall–Kier alpha value is -8.80. The zero-order valence-corrected chi connectivity index (χ0v) is 67.6. The summed E-state index contributed by atoms with van der Waals surface area (Å²) in [6.07, 6.45) is 13.8. The molecule has 10 fully saturated rings. The van der Waals surface area contributed by atoms with Crippen LogP contribution in [0.2, 0.25) is 10.0 Å². The van der Waals surface area contributed by atoms with E-state index in [1.54, 1.807) is 52.3 Å². The Kier molecular flexibility index (Phi) is 32.9. The number of rotatable bonds is 22. The number of allylic oxidation sites excluding steroid dienone is 4. The number of hydrogen-bond acceptors (Lipinski definition) is 24. The van der Waals surface area contributed by atoms with Crippen LogP contribution in [0.1, 0.15) is 167 Å². The number of phenols is 1. The zero-order valence-electron chi connectivity index (χ0n) is 64.5. The lowest BCUT2D eigenvalue weighted by atomic mass is 9.54. The Labute approximate surface area is 665 Å². The molecule has 0 aromatic heterocycles. The van der Waals surface area contributed by atoms with Gasteiger partial charge in [0.15, 0.2) is 0 Å². The summed E-state index contributed by atoms with van der Waals surface area (Å²) >= 11 is 17.1. The first-order valence-electron chi connectivity index (χ1n) is 37.2. The van der Waals surface area contributed by atoms with Crippen LogP contribution in [-0.4, -0.2) is 130 Å². The van der Waals surface area contributed by atoms with Gasteiger partial charge in [-0.2, -0.15) is 19.2 Å². The van der Waals surface area contributed by atoms with Crippen molar-refractivity contribution >= 4 is 111 Å². The van der Waals surface area contributed by atoms with Crippen molar-refractivity contribution in [1.29, 1.82) is 0 Å². The highest BCUT2D eigenvalue weighted by Crippen LogP contribution is 2.60. The average molecular weight is 1640 g/mol. The van der Waals surface area contributed by atoms with Crippen molar-refractivity contribution in [3.8, 4) is 23.0 Å². The molecule has 4 aromatic rings. The first-order chi connectivity index (χ1) is 53.1. The monoisotopic (exact) mass is 1640 g/mol. The van der Waals surface area contributed by atoms with Crippen molar-refractivity contribution in [2.45, 2.75) is 195 Å². The van der Waals surface area contributed by atoms with E-state index in [9.17, 15) is 33.9 Å². The van der Waals surface area contributed by atoms with E-state index in [0.29, 0.717) is 56.3 Å². The Morgan fingerprint density at radius 3 is 1.17 bits per heavy atom. The van der Waals surface area contributed by atoms with Crippen molar-refractivity contribution in [3.63, 3.8) is 0 Å². The van der Waals surface area contributed by atoms with E-state index < -0.39 is 96.9 Å². The maximum atomic E-state index is 12.1. The minimum Gasteiger partial charge on any atom is -0.506 e. The van der Waals surface area contributed by atoms with Gasteiger partial charge in [-0.05, 0) is 184 Å². The number of phenolic OH excluding ortho intramolecular Hbond substituents is 1. The predicted molar refractivity (Wildman–Crippen MR) is 408 cm³/mol. The number of esters is 6. The molecule has 600 valence electrons. The molecule has 24 nitrogen and oxygen atoms in total. The lowest BCUT2D eigenvalue weighted by Gasteiger charge is -2.51. The van der Waals surface area contributed by atoms with Gasteiger partial charge in [-0.1, -0.05) is 114 Å². The van der Waals surface area contributed by atoms with Gasteiger partial charge < -0.3 is 66.7 Å². The first kappa shape index (κ1) is 87.8. The second kappa shape index (κ2) is 41.6. The van der Waals surface area contributed by atoms with Gasteiger partial charge in [-0.3, -0.25) is 28.8 Å². The number of carbonyl (C=O) groups is 6. The number of halogens is 3. The Balaban J connectivity index is 0.000000220. The van der Waals surface area contributed by atoms with Gasteiger partial charge in [0.05, 0.1) is 24.3 Å². The summed E-state index contributed by atoms with van der Waals surface area (Å²) in [6, 6.07) is 22.5. The van der Waals surface area contributed by atoms with Gasteiger partial charge >= 0.3 is 48.1 Å². The van der Waals surface area contributed by atoms with Crippen LogP contribution in [0.3, 0.4) is 0 Å². The van der Waals surface area contributed by atoms with Crippen LogP contribution >= 0.6 is 39.1 Å². The molecule has 8 bridgehead atoms. The van der Waals surface area contributed by atoms with Crippen LogP contribution in [0.5, 0.6) is 23.0 Å². The summed E-state index contributed by atoms with van der Waals surface area (Å²) in [5.74, 6) is 5.24. The number of carbonyl (C=O) groups excluding carboxylic acids is 10. The normalized spacial score (nSPS) is 27.3. The number of methoxy groups -OCH3 is 2. The van der Waals surface area contributed by atoms with E-state index in [2.05, 4.69) is 15.9 Å². The second-order valence-corrected chi connectivity index (χ2v) is 30.4. The van der Waals surface area contributed by atoms with E-state index in [-0.39, 0.29) is 37.9 Å². The molecule has 8 aliphatic carbocycles. The fourth-order valence-corrected chi connectivity index (χ4v) is 18.3. The third kappa shape index (κ3) is 23.0. The van der Waals surface area contributed by atoms with E-state index >= 15 is 0 Å². The number of ether oxygens (including phenoxy) is 13. The molecular weight excluding hydrogens is 1540 g/mol. The number of aromatic hydroxyl groups is 1. The SMILES string of the molecule is C/C=C/c1ccc(C(OC)=C2C3CC4CC(C3)CC2C4)c(Cl)c1O.C/C=C/c1ccc(C(OC)=C2C3CC4CC(C3)CC2C4)c(Cl)c1OCc1ccc(O[C@@H]2O[C@H](COC(C)=O)[C@H](C)[C@H](OC(C)=O)C2OC(C)=O)cc1.CC(=O)OC[C@H]1O[C@@H](Oc2ccc(CBr)cc2)C(OC(C)=O)[C@@H](OC(C)=O)[C@H]1C.O=C=O.O=C=O. The van der Waals surface area contributed by atoms with Gasteiger partial charge in [0, 0.05) is 81.0 Å². The predicted octanol–water partition coefficient (Wildman–Crippen LogP) is 15.4. The molecule has 14 rings (SSSR count). The highest BCUT2D eigenvalue weighted by Gasteiger charge is 2.53. The Morgan fingerprint density at radius 2 is 0.829 bits per heavy atom. The average Bonchev–Trinajstić information content (AvgIpc) is 0.749. The minimum atomic E-state index is -1.16. The van der Waals surface area contributed by atoms with Crippen LogP contribution in [0.4, 0.5) is 0 Å². The molecule has 0 amide bonds. The molecular formula is C84H99BrCl2O24. The van der Waals surface area contributed by atoms with Crippen LogP contribution in [0.15, 0.2) is 96.1 Å². The van der Waals surface area contributed by atoms with Crippen LogP contribution in [0.25, 0.3) is 23.7 Å². The van der Waals surface area contributed by atoms with Gasteiger partial charge in [-0.15, -0.1) is 0 Å². The summed E-state index contributed by atoms with van der Waals surface area (Å²) in [6.45, 7) is 15.1. The number of benzene rings is 4. The van der Waals surface area contributed by atoms with Crippen molar-refractivity contribution in [2.24, 2.45) is 59.2 Å². The molecule has 27 heteroatoms. The van der Waals surface area contributed by atoms with Gasteiger partial charge in [0.2, 0.25) is 24.8 Å². The van der Waals surface area contributed by atoms with Gasteiger partial charge in [0.1, 0.15) is 78.8 Å². The van der Waals surface area contributed by atoms with E-state index in [1.165, 1.54) is 117 Å². The summed E-state index contributed by atoms with van der Waals surface area (Å²) < 4.78 is 74.9. The van der Waals surface area contributed by atoms with Crippen molar-refractivity contribution in [2.75, 3.05) is 27.4 Å². The maximum Gasteiger partial charge on any atom is 0.373 e. The van der Waals surface area contributed by atoms with Crippen LogP contribution < -0.4 is 14.2 Å². The second-order valence-electron chi connectivity index (χ2n) is 29.1. The number of hydrogen-bond donors (Lipinski definition) is 1. The highest BCUT2D eigenvalue weighted by atomic mass is 79.9. The molecule has 0 spiro atoms. The van der Waals surface area contributed by atoms with Crippen LogP contribution in [-0.2, 0) is 107 Å². The summed E-state index contributed by atoms with van der Waals surface area (Å²) in [4.78, 5) is 103. The molecule has 4 aromatic carbocycles. The number of alkyl halides is 1. The first-order valence-corrected chi connectivity index (χ1v) is 39.1. The Bertz CT molecular complexity index is 4030. The van der Waals surface area contributed by atoms with Crippen molar-refractivity contribution in [3.05, 3.63) is 140 Å². The quantitative estimate of drug-likeness (QED) is 0.0331. The maximum absolute atomic E-state index is 12.1. The van der Waals surface area contributed by atoms with Crippen molar-refractivity contribution < 1.29 is 115 Å². The fraction of sp³-hybridized carbons (Fsp3) is 0.524. The van der Waals surface area contributed by atoms with Gasteiger partial charge in [-0.25, -0.2) is 0 Å². The summed E-state index contributed by atoms with van der Waals surface area (Å²) in [5.41, 5.74) is 8.12. The highest BCUT2D eigenvalue weighted by molar-refractivity contribution is 9.08. The minimum absolute atomic E-state index is 0.0521. The van der Waals surface area contributed by atoms with Crippen molar-refractivity contribution in [1.82, 2.24) is 0 Å². The summed E-state index contributed by atoms with van der Waals surface area (Å²) in [5, 5.41) is 12.1.